The van der Waals surface area contributed by atoms with Crippen molar-refractivity contribution in [3.63, 3.8) is 0 Å². The van der Waals surface area contributed by atoms with Crippen LogP contribution in [0.3, 0.4) is 0 Å². The van der Waals surface area contributed by atoms with Gasteiger partial charge in [0.2, 0.25) is 0 Å². The maximum Gasteiger partial charge on any atom is 0.337 e. The van der Waals surface area contributed by atoms with Crippen molar-refractivity contribution in [3.8, 4) is 5.75 Å². The summed E-state index contributed by atoms with van der Waals surface area (Å²) in [5.74, 6) is -1.26. The molecule has 0 aromatic heterocycles. The summed E-state index contributed by atoms with van der Waals surface area (Å²) in [5, 5.41) is 10.4. The molecule has 126 valence electrons. The van der Waals surface area contributed by atoms with E-state index in [-0.39, 0.29) is 11.7 Å². The van der Waals surface area contributed by atoms with E-state index in [4.69, 9.17) is 9.47 Å². The van der Waals surface area contributed by atoms with E-state index in [1.54, 1.807) is 31.4 Å². The van der Waals surface area contributed by atoms with Crippen LogP contribution in [0.4, 0.5) is 5.69 Å². The number of fused-ring (bicyclic) bond motifs is 1. The number of anilines is 1. The van der Waals surface area contributed by atoms with Crippen molar-refractivity contribution in [2.24, 2.45) is 5.92 Å². The highest BCUT2D eigenvalue weighted by atomic mass is 16.5. The number of rotatable bonds is 3. The van der Waals surface area contributed by atoms with E-state index in [0.717, 1.165) is 0 Å². The number of aliphatic hydroxyl groups is 1. The van der Waals surface area contributed by atoms with Crippen LogP contribution >= 0.6 is 0 Å². The van der Waals surface area contributed by atoms with Gasteiger partial charge in [0.05, 0.1) is 14.2 Å². The Balaban J connectivity index is 2.21. The molecule has 2 atom stereocenters. The van der Waals surface area contributed by atoms with Gasteiger partial charge in [0.25, 0.3) is 5.91 Å². The van der Waals surface area contributed by atoms with E-state index in [2.05, 4.69) is 0 Å². The van der Waals surface area contributed by atoms with Gasteiger partial charge in [0, 0.05) is 17.2 Å². The Hall–Kier alpha value is -2.76. The summed E-state index contributed by atoms with van der Waals surface area (Å²) in [7, 11) is 2.83. The van der Waals surface area contributed by atoms with Crippen LogP contribution in [0.1, 0.15) is 13.3 Å². The Morgan fingerprint density at radius 1 is 1.29 bits per heavy atom. The van der Waals surface area contributed by atoms with Gasteiger partial charge in [-0.2, -0.15) is 0 Å². The van der Waals surface area contributed by atoms with Crippen LogP contribution in [0.15, 0.2) is 47.7 Å². The molecule has 1 amide bonds. The average molecular weight is 329 g/mol. The number of aliphatic hydroxyl groups excluding tert-OH is 1. The topological polar surface area (TPSA) is 76.1 Å². The first-order valence-corrected chi connectivity index (χ1v) is 7.64. The van der Waals surface area contributed by atoms with Crippen molar-refractivity contribution in [1.82, 2.24) is 0 Å². The van der Waals surface area contributed by atoms with Crippen LogP contribution < -0.4 is 9.64 Å². The Morgan fingerprint density at radius 3 is 2.54 bits per heavy atom. The highest BCUT2D eigenvalue weighted by Gasteiger charge is 2.61. The number of amides is 1. The standard InChI is InChI=1S/C18H19NO5/c1-11-5-4-6-14-15(20)16(21)19(18(11,14)17(22)24-3)12-7-9-13(23-2)10-8-12/h4-5,7-11,20H,6H2,1-3H3. The number of carbonyl (C=O) groups excluding carboxylic acids is 2. The zero-order chi connectivity index (χ0) is 17.5. The number of carbonyl (C=O) groups is 2. The zero-order valence-corrected chi connectivity index (χ0v) is 13.8. The monoisotopic (exact) mass is 329 g/mol. The molecule has 0 saturated carbocycles. The van der Waals surface area contributed by atoms with E-state index in [1.807, 2.05) is 19.1 Å². The minimum Gasteiger partial charge on any atom is -0.503 e. The van der Waals surface area contributed by atoms with Gasteiger partial charge in [-0.1, -0.05) is 19.1 Å². The Kier molecular flexibility index (Phi) is 3.83. The predicted octanol–water partition coefficient (Wildman–Crippen LogP) is 2.36. The van der Waals surface area contributed by atoms with Gasteiger partial charge in [0.1, 0.15) is 5.75 Å². The van der Waals surface area contributed by atoms with Crippen molar-refractivity contribution in [2.45, 2.75) is 18.9 Å². The number of ether oxygens (including phenoxy) is 2. The van der Waals surface area contributed by atoms with Gasteiger partial charge in [-0.25, -0.2) is 4.79 Å². The fourth-order valence-corrected chi connectivity index (χ4v) is 3.58. The lowest BCUT2D eigenvalue weighted by atomic mass is 9.73. The minimum atomic E-state index is -1.36. The molecule has 0 fully saturated rings. The third-order valence-electron chi connectivity index (χ3n) is 4.74. The third-order valence-corrected chi connectivity index (χ3v) is 4.74. The molecule has 2 aliphatic rings. The van der Waals surface area contributed by atoms with Crippen LogP contribution in [-0.4, -0.2) is 36.7 Å². The van der Waals surface area contributed by atoms with Crippen molar-refractivity contribution < 1.29 is 24.2 Å². The molecule has 6 heteroatoms. The second-order valence-electron chi connectivity index (χ2n) is 5.84. The van der Waals surface area contributed by atoms with E-state index < -0.39 is 17.4 Å². The highest BCUT2D eigenvalue weighted by Crippen LogP contribution is 2.48. The second-order valence-corrected chi connectivity index (χ2v) is 5.84. The highest BCUT2D eigenvalue weighted by molar-refractivity contribution is 6.16. The molecule has 1 aromatic carbocycles. The number of benzene rings is 1. The summed E-state index contributed by atoms with van der Waals surface area (Å²) in [6.45, 7) is 1.83. The summed E-state index contributed by atoms with van der Waals surface area (Å²) in [6.07, 6.45) is 4.04. The van der Waals surface area contributed by atoms with Crippen LogP contribution in [0, 0.1) is 5.92 Å². The summed E-state index contributed by atoms with van der Waals surface area (Å²) in [4.78, 5) is 26.8. The normalized spacial score (nSPS) is 25.7. The molecule has 24 heavy (non-hydrogen) atoms. The largest absolute Gasteiger partial charge is 0.503 e. The lowest BCUT2D eigenvalue weighted by molar-refractivity contribution is -0.147. The molecular formula is C18H19NO5. The van der Waals surface area contributed by atoms with Crippen LogP contribution in [-0.2, 0) is 14.3 Å². The first-order chi connectivity index (χ1) is 11.5. The molecule has 0 bridgehead atoms. The van der Waals surface area contributed by atoms with Gasteiger partial charge in [-0.05, 0) is 30.7 Å². The molecule has 1 aliphatic heterocycles. The third kappa shape index (κ3) is 1.95. The van der Waals surface area contributed by atoms with Crippen molar-refractivity contribution in [2.75, 3.05) is 19.1 Å². The fraction of sp³-hybridized carbons (Fsp3) is 0.333. The number of allylic oxidation sites excluding steroid dienone is 1. The summed E-state index contributed by atoms with van der Waals surface area (Å²) in [5.41, 5.74) is -0.487. The van der Waals surface area contributed by atoms with Gasteiger partial charge >= 0.3 is 5.97 Å². The molecule has 2 unspecified atom stereocenters. The smallest absolute Gasteiger partial charge is 0.337 e. The summed E-state index contributed by atoms with van der Waals surface area (Å²) < 4.78 is 10.2. The minimum absolute atomic E-state index is 0.323. The summed E-state index contributed by atoms with van der Waals surface area (Å²) in [6, 6.07) is 6.77. The maximum atomic E-state index is 12.8. The van der Waals surface area contributed by atoms with Crippen molar-refractivity contribution in [1.29, 1.82) is 0 Å². The van der Waals surface area contributed by atoms with Crippen molar-refractivity contribution in [3.05, 3.63) is 47.7 Å². The average Bonchev–Trinajstić information content (AvgIpc) is 2.84. The number of methoxy groups -OCH3 is 2. The molecule has 0 radical (unpaired) electrons. The fourth-order valence-electron chi connectivity index (χ4n) is 3.58. The Morgan fingerprint density at radius 2 is 1.96 bits per heavy atom. The van der Waals surface area contributed by atoms with Gasteiger partial charge < -0.3 is 14.6 Å². The SMILES string of the molecule is COC(=O)C12C(=C(O)C(=O)N1c1ccc(OC)cc1)CC=CC2C. The van der Waals surface area contributed by atoms with E-state index in [9.17, 15) is 14.7 Å². The molecule has 3 rings (SSSR count). The van der Waals surface area contributed by atoms with Crippen LogP contribution in [0.2, 0.25) is 0 Å². The zero-order valence-electron chi connectivity index (χ0n) is 13.8. The van der Waals surface area contributed by atoms with Crippen LogP contribution in [0.25, 0.3) is 0 Å². The van der Waals surface area contributed by atoms with Gasteiger partial charge in [0.15, 0.2) is 11.3 Å². The van der Waals surface area contributed by atoms with E-state index in [0.29, 0.717) is 23.4 Å². The first-order valence-electron chi connectivity index (χ1n) is 7.64. The Bertz CT molecular complexity index is 749. The molecule has 6 nitrogen and oxygen atoms in total. The quantitative estimate of drug-likeness (QED) is 0.680. The van der Waals surface area contributed by atoms with Gasteiger partial charge in [-0.3, -0.25) is 9.69 Å². The lowest BCUT2D eigenvalue weighted by Gasteiger charge is -2.42. The van der Waals surface area contributed by atoms with E-state index in [1.165, 1.54) is 12.0 Å². The van der Waals surface area contributed by atoms with Crippen molar-refractivity contribution >= 4 is 17.6 Å². The molecule has 1 heterocycles. The number of esters is 1. The number of hydrogen-bond donors (Lipinski definition) is 1. The molecule has 0 spiro atoms. The lowest BCUT2D eigenvalue weighted by Crippen LogP contribution is -2.59. The number of hydrogen-bond acceptors (Lipinski definition) is 5. The molecular weight excluding hydrogens is 310 g/mol. The molecule has 0 saturated heterocycles. The first kappa shape index (κ1) is 16.1. The Labute approximate surface area is 140 Å². The maximum absolute atomic E-state index is 12.8. The van der Waals surface area contributed by atoms with Gasteiger partial charge in [-0.15, -0.1) is 0 Å². The molecule has 1 aromatic rings. The molecule has 1 N–H and O–H groups in total. The predicted molar refractivity (Wildman–Crippen MR) is 87.8 cm³/mol. The number of nitrogens with zero attached hydrogens (tertiary/aromatic N) is 1. The summed E-state index contributed by atoms with van der Waals surface area (Å²) >= 11 is 0. The molecule has 1 aliphatic carbocycles. The van der Waals surface area contributed by atoms with Crippen LogP contribution in [0.5, 0.6) is 5.75 Å². The van der Waals surface area contributed by atoms with E-state index >= 15 is 0 Å². The second kappa shape index (κ2) is 5.70.